The Labute approximate surface area is 228 Å². The summed E-state index contributed by atoms with van der Waals surface area (Å²) in [5, 5.41) is 7.64. The number of unbranched alkanes of at least 4 members (excludes halogenated alkanes) is 1. The van der Waals surface area contributed by atoms with Crippen LogP contribution < -0.4 is 11.1 Å². The highest BCUT2D eigenvalue weighted by Crippen LogP contribution is 2.41. The van der Waals surface area contributed by atoms with E-state index in [1.165, 1.54) is 23.8 Å². The zero-order chi connectivity index (χ0) is 28.0. The number of nitrogens with two attached hydrogens (primary N) is 1. The molecule has 2 atom stereocenters. The van der Waals surface area contributed by atoms with Crippen molar-refractivity contribution in [2.45, 2.75) is 52.0 Å². The number of esters is 2. The lowest BCUT2D eigenvalue weighted by atomic mass is 9.98. The molecular weight excluding hydrogens is 534 g/mol. The minimum Gasteiger partial charge on any atom is -0.427 e. The number of carbonyl (C=O) groups is 4. The van der Waals surface area contributed by atoms with Crippen LogP contribution in [0.25, 0.3) is 0 Å². The highest BCUT2D eigenvalue weighted by Gasteiger charge is 2.54. The summed E-state index contributed by atoms with van der Waals surface area (Å²) in [4.78, 5) is 61.4. The maximum Gasteiger partial charge on any atom is 0.358 e. The van der Waals surface area contributed by atoms with E-state index in [1.54, 1.807) is 32.2 Å². The monoisotopic (exact) mass is 565 g/mol. The topological polar surface area (TPSA) is 163 Å². The predicted octanol–water partition coefficient (Wildman–Crippen LogP) is 2.18. The molecule has 3 N–H and O–H groups in total. The average molecular weight is 566 g/mol. The Kier molecular flexibility index (Phi) is 9.55. The Balaban J connectivity index is 1.77. The molecule has 2 aliphatic heterocycles. The minimum absolute atomic E-state index is 0.0569. The summed E-state index contributed by atoms with van der Waals surface area (Å²) in [5.41, 5.74) is 5.64. The number of thiazole rings is 1. The van der Waals surface area contributed by atoms with Crippen LogP contribution in [-0.2, 0) is 33.5 Å². The summed E-state index contributed by atoms with van der Waals surface area (Å²) < 4.78 is 10.3. The number of β-lactam (4-membered cyclic amide) rings is 1. The van der Waals surface area contributed by atoms with E-state index in [4.69, 9.17) is 20.0 Å². The minimum atomic E-state index is -0.923. The van der Waals surface area contributed by atoms with Crippen LogP contribution in [-0.4, -0.2) is 70.4 Å². The Morgan fingerprint density at radius 1 is 1.32 bits per heavy atom. The number of anilines is 1. The molecule has 0 radical (unpaired) electrons. The van der Waals surface area contributed by atoms with Gasteiger partial charge in [-0.15, -0.1) is 23.1 Å². The molecule has 2 amide bonds. The maximum atomic E-state index is 13.2. The molecule has 0 bridgehead atoms. The molecule has 0 aliphatic carbocycles. The number of nitrogens with zero attached hydrogens (tertiary/aromatic N) is 3. The highest BCUT2D eigenvalue weighted by molar-refractivity contribution is 8.00. The number of thioether (sulfide) groups is 1. The van der Waals surface area contributed by atoms with Crippen molar-refractivity contribution in [1.29, 1.82) is 0 Å². The number of carbonyl (C=O) groups excluding carboxylic acids is 4. The van der Waals surface area contributed by atoms with Gasteiger partial charge >= 0.3 is 11.9 Å². The van der Waals surface area contributed by atoms with Gasteiger partial charge in [0.15, 0.2) is 10.8 Å². The van der Waals surface area contributed by atoms with Crippen molar-refractivity contribution in [3.8, 4) is 0 Å². The number of rotatable bonds is 10. The fourth-order valence-corrected chi connectivity index (χ4v) is 5.34. The second-order valence-corrected chi connectivity index (χ2v) is 11.3. The number of oxime groups is 1. The molecule has 1 aromatic rings. The molecule has 3 heterocycles. The number of ether oxygens (including phenoxy) is 2. The Bertz CT molecular complexity index is 1180. The first-order valence-electron chi connectivity index (χ1n) is 11.8. The third-order valence-electron chi connectivity index (χ3n) is 5.41. The summed E-state index contributed by atoms with van der Waals surface area (Å²) in [5.74, 6) is -2.10. The number of amides is 2. The third-order valence-corrected chi connectivity index (χ3v) is 7.38. The van der Waals surface area contributed by atoms with Gasteiger partial charge in [-0.2, -0.15) is 0 Å². The standard InChI is InChI=1S/C24H31N5O7S2/c1-6-7-8-9-13-10-37-20-16(27-18(30)15(28-34-5)14-11-38-23(25)26-14)19(31)29(20)17(13)21(32)35-12-36-22(33)24(2,3)4/h8-9,11,16,20H,6-7,10,12H2,1-5H3,(H2,25,26)(H,27,30)/b9-8-,28-15-/t16-,20+/m1/s1. The van der Waals surface area contributed by atoms with Gasteiger partial charge in [0.2, 0.25) is 6.79 Å². The van der Waals surface area contributed by atoms with E-state index >= 15 is 0 Å². The summed E-state index contributed by atoms with van der Waals surface area (Å²) >= 11 is 2.52. The molecule has 0 spiro atoms. The summed E-state index contributed by atoms with van der Waals surface area (Å²) in [6.07, 6.45) is 5.41. The molecule has 1 fully saturated rings. The van der Waals surface area contributed by atoms with E-state index in [-0.39, 0.29) is 22.2 Å². The van der Waals surface area contributed by atoms with Crippen LogP contribution in [0, 0.1) is 5.41 Å². The van der Waals surface area contributed by atoms with Crippen molar-refractivity contribution >= 4 is 57.7 Å². The fourth-order valence-electron chi connectivity index (χ4n) is 3.48. The van der Waals surface area contributed by atoms with Gasteiger partial charge in [0.05, 0.1) is 5.41 Å². The smallest absolute Gasteiger partial charge is 0.358 e. The van der Waals surface area contributed by atoms with Gasteiger partial charge in [0.1, 0.15) is 29.9 Å². The number of fused-ring (bicyclic) bond motifs is 1. The SMILES string of the molecule is CCC/C=C\C1=C(C(=O)OCOC(=O)C(C)(C)C)N2C(=O)[C@@H](NC(=O)/C(=N\OC)c3csc(N)n3)[C@@H]2SC1. The van der Waals surface area contributed by atoms with Crippen molar-refractivity contribution in [2.24, 2.45) is 10.6 Å². The van der Waals surface area contributed by atoms with E-state index in [0.29, 0.717) is 11.3 Å². The lowest BCUT2D eigenvalue weighted by Gasteiger charge is -2.49. The second kappa shape index (κ2) is 12.4. The normalized spacial score (nSPS) is 19.7. The molecule has 38 heavy (non-hydrogen) atoms. The number of nitrogens with one attached hydrogen (secondary N) is 1. The van der Waals surface area contributed by atoms with E-state index in [2.05, 4.69) is 15.5 Å². The van der Waals surface area contributed by atoms with Crippen LogP contribution >= 0.6 is 23.1 Å². The maximum absolute atomic E-state index is 13.2. The van der Waals surface area contributed by atoms with E-state index in [0.717, 1.165) is 24.2 Å². The van der Waals surface area contributed by atoms with Gasteiger partial charge in [-0.25, -0.2) is 9.78 Å². The van der Waals surface area contributed by atoms with Crippen LogP contribution in [0.15, 0.2) is 34.0 Å². The van der Waals surface area contributed by atoms with Crippen molar-refractivity contribution in [2.75, 3.05) is 25.4 Å². The highest BCUT2D eigenvalue weighted by atomic mass is 32.2. The lowest BCUT2D eigenvalue weighted by Crippen LogP contribution is -2.71. The molecule has 1 saturated heterocycles. The van der Waals surface area contributed by atoms with Crippen molar-refractivity contribution in [3.05, 3.63) is 34.5 Å². The Morgan fingerprint density at radius 2 is 2.05 bits per heavy atom. The van der Waals surface area contributed by atoms with Crippen molar-refractivity contribution in [3.63, 3.8) is 0 Å². The van der Waals surface area contributed by atoms with Gasteiger partial charge in [0.25, 0.3) is 11.8 Å². The van der Waals surface area contributed by atoms with Crippen LogP contribution in [0.2, 0.25) is 0 Å². The van der Waals surface area contributed by atoms with E-state index in [9.17, 15) is 19.2 Å². The lowest BCUT2D eigenvalue weighted by molar-refractivity contribution is -0.173. The summed E-state index contributed by atoms with van der Waals surface area (Å²) in [7, 11) is 1.28. The summed E-state index contributed by atoms with van der Waals surface area (Å²) in [6.45, 7) is 6.48. The largest absolute Gasteiger partial charge is 0.427 e. The Morgan fingerprint density at radius 3 is 2.66 bits per heavy atom. The van der Waals surface area contributed by atoms with Gasteiger partial charge < -0.3 is 25.4 Å². The third kappa shape index (κ3) is 6.54. The first-order chi connectivity index (χ1) is 18.0. The molecule has 0 saturated carbocycles. The van der Waals surface area contributed by atoms with Crippen LogP contribution in [0.5, 0.6) is 0 Å². The number of allylic oxidation sites excluding steroid dienone is 2. The molecule has 0 aromatic carbocycles. The van der Waals surface area contributed by atoms with Gasteiger partial charge in [-0.1, -0.05) is 30.7 Å². The molecule has 3 rings (SSSR count). The van der Waals surface area contributed by atoms with Crippen LogP contribution in [0.3, 0.4) is 0 Å². The van der Waals surface area contributed by atoms with Gasteiger partial charge in [-0.3, -0.25) is 19.3 Å². The van der Waals surface area contributed by atoms with Crippen LogP contribution in [0.1, 0.15) is 46.2 Å². The molecule has 14 heteroatoms. The number of nitrogen functional groups attached to an aromatic ring is 1. The molecular formula is C24H31N5O7S2. The van der Waals surface area contributed by atoms with Crippen LogP contribution in [0.4, 0.5) is 5.13 Å². The molecule has 206 valence electrons. The van der Waals surface area contributed by atoms with E-state index < -0.39 is 47.4 Å². The van der Waals surface area contributed by atoms with Crippen molar-refractivity contribution in [1.82, 2.24) is 15.2 Å². The molecule has 2 aliphatic rings. The Hall–Kier alpha value is -3.39. The zero-order valence-electron chi connectivity index (χ0n) is 21.8. The van der Waals surface area contributed by atoms with Gasteiger partial charge in [-0.05, 0) is 32.8 Å². The molecule has 1 aromatic heterocycles. The molecule has 12 nitrogen and oxygen atoms in total. The summed E-state index contributed by atoms with van der Waals surface area (Å²) in [6, 6.07) is -0.923. The predicted molar refractivity (Wildman–Crippen MR) is 143 cm³/mol. The fraction of sp³-hybridized carbons (Fsp3) is 0.500. The van der Waals surface area contributed by atoms with E-state index in [1.807, 2.05) is 13.0 Å². The molecule has 0 unspecified atom stereocenters. The number of hydrogen-bond donors (Lipinski definition) is 2. The second-order valence-electron chi connectivity index (χ2n) is 9.35. The number of hydrogen-bond acceptors (Lipinski definition) is 12. The zero-order valence-corrected chi connectivity index (χ0v) is 23.4. The van der Waals surface area contributed by atoms with Crippen molar-refractivity contribution < 1.29 is 33.5 Å². The number of aromatic nitrogens is 1. The first kappa shape index (κ1) is 29.2. The average Bonchev–Trinajstić information content (AvgIpc) is 3.30. The first-order valence-corrected chi connectivity index (χ1v) is 13.7. The quantitative estimate of drug-likeness (QED) is 0.141. The van der Waals surface area contributed by atoms with Gasteiger partial charge in [0, 0.05) is 11.1 Å².